The predicted molar refractivity (Wildman–Crippen MR) is 80.7 cm³/mol. The molecule has 108 valence electrons. The molecule has 4 nitrogen and oxygen atoms in total. The minimum Gasteiger partial charge on any atom is -0.494 e. The first kappa shape index (κ1) is 14.6. The average molecular weight is 273 g/mol. The van der Waals surface area contributed by atoms with E-state index in [1.165, 1.54) is 5.56 Å². The molecule has 1 aromatic heterocycles. The summed E-state index contributed by atoms with van der Waals surface area (Å²) in [6.45, 7) is 7.75. The Morgan fingerprint density at radius 1 is 1.35 bits per heavy atom. The fourth-order valence-electron chi connectivity index (χ4n) is 2.22. The van der Waals surface area contributed by atoms with Crippen molar-refractivity contribution in [3.8, 4) is 5.75 Å². The SMILES string of the molecule is CCOc1ccccc1CNC[C@H](C)Cn1ccnc1. The lowest BCUT2D eigenvalue weighted by molar-refractivity contribution is 0.334. The van der Waals surface area contributed by atoms with Gasteiger partial charge in [-0.2, -0.15) is 0 Å². The van der Waals surface area contributed by atoms with E-state index in [0.717, 1.165) is 25.4 Å². The molecule has 0 aliphatic rings. The van der Waals surface area contributed by atoms with Gasteiger partial charge in [-0.05, 0) is 25.5 Å². The van der Waals surface area contributed by atoms with Crippen molar-refractivity contribution in [1.29, 1.82) is 0 Å². The van der Waals surface area contributed by atoms with E-state index in [2.05, 4.69) is 33.9 Å². The second-order valence-electron chi connectivity index (χ2n) is 5.04. The summed E-state index contributed by atoms with van der Waals surface area (Å²) in [6, 6.07) is 8.19. The number of hydrogen-bond acceptors (Lipinski definition) is 3. The molecule has 0 saturated heterocycles. The normalized spacial score (nSPS) is 12.3. The van der Waals surface area contributed by atoms with Gasteiger partial charge in [0.25, 0.3) is 0 Å². The minimum atomic E-state index is 0.559. The van der Waals surface area contributed by atoms with Crippen molar-refractivity contribution in [3.63, 3.8) is 0 Å². The van der Waals surface area contributed by atoms with E-state index in [9.17, 15) is 0 Å². The lowest BCUT2D eigenvalue weighted by Gasteiger charge is -2.15. The van der Waals surface area contributed by atoms with E-state index in [0.29, 0.717) is 12.5 Å². The zero-order valence-corrected chi connectivity index (χ0v) is 12.2. The van der Waals surface area contributed by atoms with Crippen molar-refractivity contribution in [2.24, 2.45) is 5.92 Å². The minimum absolute atomic E-state index is 0.559. The maximum atomic E-state index is 5.63. The zero-order valence-electron chi connectivity index (χ0n) is 12.2. The quantitative estimate of drug-likeness (QED) is 0.804. The van der Waals surface area contributed by atoms with Gasteiger partial charge in [-0.3, -0.25) is 0 Å². The van der Waals surface area contributed by atoms with Gasteiger partial charge in [-0.15, -0.1) is 0 Å². The highest BCUT2D eigenvalue weighted by Crippen LogP contribution is 2.17. The van der Waals surface area contributed by atoms with Crippen LogP contribution < -0.4 is 10.1 Å². The molecule has 1 N–H and O–H groups in total. The fourth-order valence-corrected chi connectivity index (χ4v) is 2.22. The highest BCUT2D eigenvalue weighted by atomic mass is 16.5. The van der Waals surface area contributed by atoms with Crippen LogP contribution in [0.5, 0.6) is 5.75 Å². The van der Waals surface area contributed by atoms with E-state index < -0.39 is 0 Å². The zero-order chi connectivity index (χ0) is 14.2. The second-order valence-corrected chi connectivity index (χ2v) is 5.04. The second kappa shape index (κ2) is 7.70. The highest BCUT2D eigenvalue weighted by molar-refractivity contribution is 5.33. The number of benzene rings is 1. The van der Waals surface area contributed by atoms with Gasteiger partial charge in [0.05, 0.1) is 12.9 Å². The van der Waals surface area contributed by atoms with Gasteiger partial charge >= 0.3 is 0 Å². The third-order valence-electron chi connectivity index (χ3n) is 3.16. The van der Waals surface area contributed by atoms with Gasteiger partial charge in [0.1, 0.15) is 5.75 Å². The molecule has 0 fully saturated rings. The maximum absolute atomic E-state index is 5.63. The summed E-state index contributed by atoms with van der Waals surface area (Å²) in [5.74, 6) is 1.54. The summed E-state index contributed by atoms with van der Waals surface area (Å²) in [7, 11) is 0. The van der Waals surface area contributed by atoms with Crippen molar-refractivity contribution in [1.82, 2.24) is 14.9 Å². The molecule has 4 heteroatoms. The summed E-state index contributed by atoms with van der Waals surface area (Å²) < 4.78 is 7.74. The molecule has 0 saturated carbocycles. The Kier molecular flexibility index (Phi) is 5.62. The third kappa shape index (κ3) is 4.38. The van der Waals surface area contributed by atoms with Crippen LogP contribution in [-0.4, -0.2) is 22.7 Å². The molecule has 0 amide bonds. The molecule has 0 bridgehead atoms. The van der Waals surface area contributed by atoms with E-state index >= 15 is 0 Å². The van der Waals surface area contributed by atoms with Crippen LogP contribution in [0, 0.1) is 5.92 Å². The molecule has 0 aliphatic carbocycles. The Morgan fingerprint density at radius 2 is 2.20 bits per heavy atom. The van der Waals surface area contributed by atoms with Crippen molar-refractivity contribution in [3.05, 3.63) is 48.5 Å². The smallest absolute Gasteiger partial charge is 0.123 e. The molecule has 0 radical (unpaired) electrons. The largest absolute Gasteiger partial charge is 0.494 e. The van der Waals surface area contributed by atoms with Crippen LogP contribution in [0.4, 0.5) is 0 Å². The topological polar surface area (TPSA) is 39.1 Å². The van der Waals surface area contributed by atoms with E-state index in [-0.39, 0.29) is 0 Å². The Bertz CT molecular complexity index is 496. The van der Waals surface area contributed by atoms with Crippen LogP contribution in [0.25, 0.3) is 0 Å². The number of nitrogens with one attached hydrogen (secondary N) is 1. The number of ether oxygens (including phenoxy) is 1. The van der Waals surface area contributed by atoms with Crippen molar-refractivity contribution in [2.75, 3.05) is 13.2 Å². The number of imidazole rings is 1. The molecule has 1 aromatic carbocycles. The molecule has 2 aromatic rings. The number of hydrogen-bond donors (Lipinski definition) is 1. The van der Waals surface area contributed by atoms with Crippen molar-refractivity contribution in [2.45, 2.75) is 26.9 Å². The van der Waals surface area contributed by atoms with E-state index in [1.807, 2.05) is 37.8 Å². The van der Waals surface area contributed by atoms with Crippen LogP contribution in [0.3, 0.4) is 0 Å². The molecule has 20 heavy (non-hydrogen) atoms. The first-order valence-corrected chi connectivity index (χ1v) is 7.16. The highest BCUT2D eigenvalue weighted by Gasteiger charge is 2.05. The molecule has 2 rings (SSSR count). The lowest BCUT2D eigenvalue weighted by Crippen LogP contribution is -2.23. The third-order valence-corrected chi connectivity index (χ3v) is 3.16. The first-order chi connectivity index (χ1) is 9.79. The summed E-state index contributed by atoms with van der Waals surface area (Å²) in [4.78, 5) is 4.06. The number of para-hydroxylation sites is 1. The molecule has 0 aliphatic heterocycles. The standard InChI is InChI=1S/C16H23N3O/c1-3-20-16-7-5-4-6-15(16)11-18-10-14(2)12-19-9-8-17-13-19/h4-9,13-14,18H,3,10-12H2,1-2H3/t14-/m0/s1. The van der Waals surface area contributed by atoms with E-state index in [4.69, 9.17) is 4.74 Å². The molecule has 0 unspecified atom stereocenters. The first-order valence-electron chi connectivity index (χ1n) is 7.16. The molecule has 1 atom stereocenters. The lowest BCUT2D eigenvalue weighted by atomic mass is 10.1. The Hall–Kier alpha value is -1.81. The predicted octanol–water partition coefficient (Wildman–Crippen LogP) is 2.71. The Balaban J connectivity index is 1.77. The van der Waals surface area contributed by atoms with Crippen molar-refractivity contribution >= 4 is 0 Å². The average Bonchev–Trinajstić information content (AvgIpc) is 2.94. The Morgan fingerprint density at radius 3 is 2.95 bits per heavy atom. The van der Waals surface area contributed by atoms with Gasteiger partial charge in [-0.1, -0.05) is 25.1 Å². The van der Waals surface area contributed by atoms with Gasteiger partial charge < -0.3 is 14.6 Å². The number of nitrogens with zero attached hydrogens (tertiary/aromatic N) is 2. The monoisotopic (exact) mass is 273 g/mol. The maximum Gasteiger partial charge on any atom is 0.123 e. The summed E-state index contributed by atoms with van der Waals surface area (Å²) in [6.07, 6.45) is 5.68. The molecular formula is C16H23N3O. The van der Waals surface area contributed by atoms with Crippen LogP contribution in [0.1, 0.15) is 19.4 Å². The number of aromatic nitrogens is 2. The number of rotatable bonds is 8. The summed E-state index contributed by atoms with van der Waals surface area (Å²) >= 11 is 0. The molecular weight excluding hydrogens is 250 g/mol. The van der Waals surface area contributed by atoms with Crippen LogP contribution in [0.15, 0.2) is 43.0 Å². The summed E-state index contributed by atoms with van der Waals surface area (Å²) in [5, 5.41) is 3.50. The molecule has 0 spiro atoms. The van der Waals surface area contributed by atoms with Crippen LogP contribution in [-0.2, 0) is 13.1 Å². The van der Waals surface area contributed by atoms with Gasteiger partial charge in [-0.25, -0.2) is 4.98 Å². The molecule has 1 heterocycles. The van der Waals surface area contributed by atoms with Crippen molar-refractivity contribution < 1.29 is 4.74 Å². The van der Waals surface area contributed by atoms with E-state index in [1.54, 1.807) is 0 Å². The van der Waals surface area contributed by atoms with Crippen LogP contribution in [0.2, 0.25) is 0 Å². The summed E-state index contributed by atoms with van der Waals surface area (Å²) in [5.41, 5.74) is 1.21. The van der Waals surface area contributed by atoms with Crippen LogP contribution >= 0.6 is 0 Å². The van der Waals surface area contributed by atoms with Gasteiger partial charge in [0.15, 0.2) is 0 Å². The fraction of sp³-hybridized carbons (Fsp3) is 0.438. The van der Waals surface area contributed by atoms with Gasteiger partial charge in [0.2, 0.25) is 0 Å². The Labute approximate surface area is 120 Å². The van der Waals surface area contributed by atoms with Gasteiger partial charge in [0, 0.05) is 31.0 Å².